The average Bonchev–Trinajstić information content (AvgIpc) is 2.12. The van der Waals surface area contributed by atoms with Crippen molar-refractivity contribution < 1.29 is 5.11 Å². The van der Waals surface area contributed by atoms with Crippen LogP contribution in [0.15, 0.2) is 16.0 Å². The first-order chi connectivity index (χ1) is 6.61. The first-order valence-electron chi connectivity index (χ1n) is 4.22. The highest BCUT2D eigenvalue weighted by Crippen LogP contribution is 2.15. The van der Waals surface area contributed by atoms with Gasteiger partial charge in [-0.3, -0.25) is 4.79 Å². The Bertz CT molecular complexity index is 353. The Morgan fingerprint density at radius 2 is 2.50 bits per heavy atom. The number of rotatable bonds is 4. The molecule has 6 heteroatoms. The van der Waals surface area contributed by atoms with Gasteiger partial charge in [-0.25, -0.2) is 4.98 Å². The number of aromatic amines is 1. The van der Waals surface area contributed by atoms with Crippen LogP contribution in [-0.4, -0.2) is 27.4 Å². The van der Waals surface area contributed by atoms with E-state index in [4.69, 9.17) is 10.8 Å². The molecule has 0 aliphatic carbocycles. The summed E-state index contributed by atoms with van der Waals surface area (Å²) in [6.45, 7) is 2.04. The van der Waals surface area contributed by atoms with Crippen LogP contribution in [0.5, 0.6) is 0 Å². The maximum absolute atomic E-state index is 11.0. The van der Waals surface area contributed by atoms with E-state index in [-0.39, 0.29) is 23.9 Å². The average molecular weight is 215 g/mol. The number of hydrogen-bond donors (Lipinski definition) is 3. The molecule has 0 saturated heterocycles. The highest BCUT2D eigenvalue weighted by molar-refractivity contribution is 7.99. The second kappa shape index (κ2) is 5.02. The van der Waals surface area contributed by atoms with Gasteiger partial charge in [0.1, 0.15) is 5.82 Å². The number of nitrogens with one attached hydrogen (secondary N) is 1. The van der Waals surface area contributed by atoms with Gasteiger partial charge in [0.05, 0.1) is 0 Å². The molecule has 4 N–H and O–H groups in total. The van der Waals surface area contributed by atoms with E-state index in [9.17, 15) is 4.79 Å². The molecular formula is C8H13N3O2S. The van der Waals surface area contributed by atoms with E-state index in [0.29, 0.717) is 10.9 Å². The highest BCUT2D eigenvalue weighted by Gasteiger charge is 2.03. The molecular weight excluding hydrogens is 202 g/mol. The van der Waals surface area contributed by atoms with Gasteiger partial charge in [-0.15, -0.1) is 0 Å². The van der Waals surface area contributed by atoms with Gasteiger partial charge in [0, 0.05) is 18.4 Å². The monoisotopic (exact) mass is 215 g/mol. The van der Waals surface area contributed by atoms with Crippen molar-refractivity contribution in [1.29, 1.82) is 0 Å². The van der Waals surface area contributed by atoms with Crippen LogP contribution in [0, 0.1) is 5.92 Å². The molecule has 0 amide bonds. The fourth-order valence-corrected chi connectivity index (χ4v) is 1.69. The topological polar surface area (TPSA) is 92.0 Å². The molecule has 14 heavy (non-hydrogen) atoms. The zero-order valence-electron chi connectivity index (χ0n) is 7.86. The van der Waals surface area contributed by atoms with Crippen LogP contribution >= 0.6 is 11.8 Å². The summed E-state index contributed by atoms with van der Waals surface area (Å²) in [7, 11) is 0. The van der Waals surface area contributed by atoms with Crippen LogP contribution in [0.2, 0.25) is 0 Å². The Kier molecular flexibility index (Phi) is 3.97. The maximum Gasteiger partial charge on any atom is 0.253 e. The van der Waals surface area contributed by atoms with E-state index < -0.39 is 0 Å². The Hall–Kier alpha value is -1.01. The Morgan fingerprint density at radius 1 is 1.79 bits per heavy atom. The number of nitrogens with two attached hydrogens (primary N) is 1. The second-order valence-electron chi connectivity index (χ2n) is 3.07. The summed E-state index contributed by atoms with van der Waals surface area (Å²) in [5.41, 5.74) is 5.15. The van der Waals surface area contributed by atoms with Crippen LogP contribution in [-0.2, 0) is 0 Å². The number of aliphatic hydroxyl groups excluding tert-OH is 1. The number of hydrogen-bond acceptors (Lipinski definition) is 5. The van der Waals surface area contributed by atoms with Gasteiger partial charge >= 0.3 is 0 Å². The largest absolute Gasteiger partial charge is 0.396 e. The molecule has 0 saturated carbocycles. The Labute approximate surface area is 85.7 Å². The predicted molar refractivity (Wildman–Crippen MR) is 56.2 cm³/mol. The van der Waals surface area contributed by atoms with Crippen molar-refractivity contribution in [3.63, 3.8) is 0 Å². The molecule has 78 valence electrons. The minimum absolute atomic E-state index is 0.125. The highest BCUT2D eigenvalue weighted by atomic mass is 32.2. The third-order valence-corrected chi connectivity index (χ3v) is 2.76. The number of H-pyrrole nitrogens is 1. The summed E-state index contributed by atoms with van der Waals surface area (Å²) in [6.07, 6.45) is 0. The van der Waals surface area contributed by atoms with Crippen LogP contribution < -0.4 is 11.3 Å². The first-order valence-corrected chi connectivity index (χ1v) is 5.21. The van der Waals surface area contributed by atoms with Crippen LogP contribution in [0.25, 0.3) is 0 Å². The molecule has 0 aromatic carbocycles. The lowest BCUT2D eigenvalue weighted by atomic mass is 10.2. The normalized spacial score (nSPS) is 12.7. The summed E-state index contributed by atoms with van der Waals surface area (Å²) in [6, 6.07) is 1.24. The number of anilines is 1. The first kappa shape index (κ1) is 11.1. The lowest BCUT2D eigenvalue weighted by Gasteiger charge is -2.05. The summed E-state index contributed by atoms with van der Waals surface area (Å²) >= 11 is 1.37. The molecule has 0 aliphatic rings. The Balaban J connectivity index is 2.63. The van der Waals surface area contributed by atoms with E-state index in [2.05, 4.69) is 9.97 Å². The summed E-state index contributed by atoms with van der Waals surface area (Å²) in [4.78, 5) is 17.5. The lowest BCUT2D eigenvalue weighted by molar-refractivity contribution is 0.250. The molecule has 1 rings (SSSR count). The third-order valence-electron chi connectivity index (χ3n) is 1.56. The quantitative estimate of drug-likeness (QED) is 0.488. The second-order valence-corrected chi connectivity index (χ2v) is 4.08. The van der Waals surface area contributed by atoms with E-state index in [1.165, 1.54) is 17.8 Å². The number of nitrogens with zero attached hydrogens (tertiary/aromatic N) is 1. The molecule has 1 unspecified atom stereocenters. The fraction of sp³-hybridized carbons (Fsp3) is 0.500. The molecule has 1 atom stereocenters. The standard InChI is InChI=1S/C8H13N3O2S/c1-5(3-12)4-14-8-10-6(9)2-7(13)11-8/h2,5,12H,3-4H2,1H3,(H3,9,10,11,13). The van der Waals surface area contributed by atoms with E-state index in [0.717, 1.165) is 0 Å². The van der Waals surface area contributed by atoms with Crippen molar-refractivity contribution in [2.75, 3.05) is 18.1 Å². The zero-order chi connectivity index (χ0) is 10.6. The zero-order valence-corrected chi connectivity index (χ0v) is 8.67. The van der Waals surface area contributed by atoms with Gasteiger partial charge in [-0.1, -0.05) is 18.7 Å². The van der Waals surface area contributed by atoms with E-state index in [1.54, 1.807) is 0 Å². The maximum atomic E-state index is 11.0. The molecule has 5 nitrogen and oxygen atoms in total. The smallest absolute Gasteiger partial charge is 0.253 e. The van der Waals surface area contributed by atoms with Gasteiger partial charge in [0.15, 0.2) is 5.16 Å². The molecule has 0 fully saturated rings. The molecule has 1 aromatic rings. The SMILES string of the molecule is CC(CO)CSc1nc(N)cc(=O)[nH]1. The molecule has 1 heterocycles. The summed E-state index contributed by atoms with van der Waals surface area (Å²) in [5.74, 6) is 1.09. The van der Waals surface area contributed by atoms with Crippen molar-refractivity contribution in [2.24, 2.45) is 5.92 Å². The summed E-state index contributed by atoms with van der Waals surface area (Å²) in [5, 5.41) is 9.29. The molecule has 0 aliphatic heterocycles. The van der Waals surface area contributed by atoms with Gasteiger partial charge in [-0.05, 0) is 5.92 Å². The predicted octanol–water partition coefficient (Wildman–Crippen LogP) is 0.0726. The van der Waals surface area contributed by atoms with Crippen molar-refractivity contribution in [3.8, 4) is 0 Å². The van der Waals surface area contributed by atoms with E-state index >= 15 is 0 Å². The van der Waals surface area contributed by atoms with Gasteiger partial charge < -0.3 is 15.8 Å². The third kappa shape index (κ3) is 3.39. The van der Waals surface area contributed by atoms with Crippen LogP contribution in [0.1, 0.15) is 6.92 Å². The van der Waals surface area contributed by atoms with Crippen molar-refractivity contribution in [3.05, 3.63) is 16.4 Å². The van der Waals surface area contributed by atoms with Crippen molar-refractivity contribution in [2.45, 2.75) is 12.1 Å². The van der Waals surface area contributed by atoms with Crippen LogP contribution in [0.4, 0.5) is 5.82 Å². The lowest BCUT2D eigenvalue weighted by Crippen LogP contribution is -2.11. The molecule has 0 radical (unpaired) electrons. The minimum atomic E-state index is -0.253. The Morgan fingerprint density at radius 3 is 3.07 bits per heavy atom. The van der Waals surface area contributed by atoms with Crippen LogP contribution in [0.3, 0.4) is 0 Å². The molecule has 0 spiro atoms. The molecule has 0 bridgehead atoms. The minimum Gasteiger partial charge on any atom is -0.396 e. The number of thioether (sulfide) groups is 1. The molecule has 1 aromatic heterocycles. The van der Waals surface area contributed by atoms with Crippen molar-refractivity contribution in [1.82, 2.24) is 9.97 Å². The summed E-state index contributed by atoms with van der Waals surface area (Å²) < 4.78 is 0. The van der Waals surface area contributed by atoms with E-state index in [1.807, 2.05) is 6.92 Å². The number of aromatic nitrogens is 2. The fourth-order valence-electron chi connectivity index (χ4n) is 0.796. The van der Waals surface area contributed by atoms with Gasteiger partial charge in [-0.2, -0.15) is 0 Å². The number of nitrogen functional groups attached to an aromatic ring is 1. The van der Waals surface area contributed by atoms with Gasteiger partial charge in [0.2, 0.25) is 0 Å². The number of aliphatic hydroxyl groups is 1. The van der Waals surface area contributed by atoms with Gasteiger partial charge in [0.25, 0.3) is 5.56 Å². The van der Waals surface area contributed by atoms with Crippen molar-refractivity contribution >= 4 is 17.6 Å².